The third-order valence-electron chi connectivity index (χ3n) is 11.6. The Kier molecular flexibility index (Phi) is 10.6. The summed E-state index contributed by atoms with van der Waals surface area (Å²) in [5, 5.41) is -1.09. The van der Waals surface area contributed by atoms with Gasteiger partial charge in [-0.2, -0.15) is 16.8 Å². The SMILES string of the molecule is CC1(C)C(=CC=CC=C2CCC(=CC=CC=C3C(C)(C)c4cc(C(N)=O)ccc4[N+]34CCC4S(=O)(=O)O)C2=O)N(CCCS(=O)(=O)O)c2ccc(C(N)=O)cc21. The third-order valence-corrected chi connectivity index (χ3v) is 13.6. The van der Waals surface area contributed by atoms with Crippen LogP contribution in [0.4, 0.5) is 11.4 Å². The maximum atomic E-state index is 13.4. The number of hydrogen-bond acceptors (Lipinski definition) is 8. The Morgan fingerprint density at radius 1 is 0.821 bits per heavy atom. The fourth-order valence-corrected chi connectivity index (χ4v) is 10.4. The van der Waals surface area contributed by atoms with E-state index >= 15 is 0 Å². The molecule has 1 saturated carbocycles. The van der Waals surface area contributed by atoms with E-state index in [-0.39, 0.29) is 23.1 Å². The van der Waals surface area contributed by atoms with E-state index in [9.17, 15) is 40.3 Å². The van der Waals surface area contributed by atoms with Crippen molar-refractivity contribution in [2.75, 3.05) is 23.7 Å². The number of carbonyl (C=O) groups is 3. The molecular weight excluding hydrogens is 757 g/mol. The number of nitrogens with two attached hydrogens (primary N) is 2. The van der Waals surface area contributed by atoms with Gasteiger partial charge in [0.15, 0.2) is 5.78 Å². The number of Topliss-reactive ketones (excluding diaryl/α,β-unsaturated/α-hetero) is 1. The lowest BCUT2D eigenvalue weighted by atomic mass is 9.82. The molecule has 2 fully saturated rings. The third kappa shape index (κ3) is 7.25. The lowest BCUT2D eigenvalue weighted by molar-refractivity contribution is -0.111. The van der Waals surface area contributed by atoms with Crippen LogP contribution >= 0.6 is 0 Å². The van der Waals surface area contributed by atoms with Crippen LogP contribution in [0.3, 0.4) is 0 Å². The number of hydrogen-bond donors (Lipinski definition) is 4. The van der Waals surface area contributed by atoms with Gasteiger partial charge in [0.25, 0.3) is 10.1 Å². The van der Waals surface area contributed by atoms with Crippen molar-refractivity contribution in [2.45, 2.75) is 69.6 Å². The average Bonchev–Trinajstić information content (AvgIpc) is 3.61. The summed E-state index contributed by atoms with van der Waals surface area (Å²) in [7, 11) is -8.57. The Hall–Kier alpha value is -4.93. The first-order chi connectivity index (χ1) is 26.1. The minimum absolute atomic E-state index is 0.0740. The van der Waals surface area contributed by atoms with Gasteiger partial charge in [0.1, 0.15) is 11.4 Å². The van der Waals surface area contributed by atoms with Crippen molar-refractivity contribution in [2.24, 2.45) is 11.5 Å². The van der Waals surface area contributed by atoms with Gasteiger partial charge in [-0.25, -0.2) is 4.48 Å². The van der Waals surface area contributed by atoms with Gasteiger partial charge in [-0.3, -0.25) is 23.5 Å². The van der Waals surface area contributed by atoms with E-state index in [1.54, 1.807) is 66.8 Å². The molecule has 13 nitrogen and oxygen atoms in total. The van der Waals surface area contributed by atoms with Crippen LogP contribution < -0.4 is 20.9 Å². The Morgan fingerprint density at radius 3 is 1.91 bits per heavy atom. The number of carbonyl (C=O) groups excluding carboxylic acids is 3. The molecule has 1 saturated heterocycles. The van der Waals surface area contributed by atoms with Crippen molar-refractivity contribution in [1.82, 2.24) is 4.48 Å². The van der Waals surface area contributed by atoms with Gasteiger partial charge in [0.2, 0.25) is 17.2 Å². The highest BCUT2D eigenvalue weighted by molar-refractivity contribution is 7.86. The van der Waals surface area contributed by atoms with Crippen LogP contribution in [0.25, 0.3) is 0 Å². The monoisotopic (exact) mass is 803 g/mol. The number of primary amides is 2. The molecule has 56 heavy (non-hydrogen) atoms. The molecule has 1 spiro atoms. The second-order valence-electron chi connectivity index (χ2n) is 15.7. The van der Waals surface area contributed by atoms with E-state index in [0.29, 0.717) is 53.9 Å². The molecule has 2 unspecified atom stereocenters. The summed E-state index contributed by atoms with van der Waals surface area (Å²) in [6.07, 6.45) is 15.8. The number of anilines is 1. The van der Waals surface area contributed by atoms with Crippen molar-refractivity contribution in [3.8, 4) is 0 Å². The highest BCUT2D eigenvalue weighted by Crippen LogP contribution is 2.58. The lowest BCUT2D eigenvalue weighted by Gasteiger charge is -2.49. The number of benzene rings is 2. The minimum atomic E-state index is -4.42. The zero-order valence-corrected chi connectivity index (χ0v) is 33.4. The molecule has 6 N–H and O–H groups in total. The summed E-state index contributed by atoms with van der Waals surface area (Å²) in [5.41, 5.74) is 16.4. The summed E-state index contributed by atoms with van der Waals surface area (Å²) < 4.78 is 67.4. The number of fused-ring (bicyclic) bond motifs is 3. The number of nitrogens with zero attached hydrogens (tertiary/aromatic N) is 2. The van der Waals surface area contributed by atoms with Gasteiger partial charge in [0, 0.05) is 57.2 Å². The number of allylic oxidation sites excluding steroid dienone is 12. The topological polar surface area (TPSA) is 215 Å². The van der Waals surface area contributed by atoms with Crippen LogP contribution in [0.15, 0.2) is 108 Å². The number of amides is 2. The summed E-state index contributed by atoms with van der Waals surface area (Å²) in [4.78, 5) is 39.3. The molecule has 15 heteroatoms. The van der Waals surface area contributed by atoms with Gasteiger partial charge in [-0.1, -0.05) is 50.3 Å². The van der Waals surface area contributed by atoms with Gasteiger partial charge < -0.3 is 16.4 Å². The van der Waals surface area contributed by atoms with E-state index in [4.69, 9.17) is 11.5 Å². The second kappa shape index (κ2) is 14.5. The zero-order valence-electron chi connectivity index (χ0n) is 31.7. The Bertz CT molecular complexity index is 2460. The highest BCUT2D eigenvalue weighted by Gasteiger charge is 2.66. The summed E-state index contributed by atoms with van der Waals surface area (Å²) >= 11 is 0. The molecule has 296 valence electrons. The summed E-state index contributed by atoms with van der Waals surface area (Å²) in [6.45, 7) is 8.60. The Morgan fingerprint density at radius 2 is 1.38 bits per heavy atom. The van der Waals surface area contributed by atoms with E-state index in [1.165, 1.54) is 0 Å². The van der Waals surface area contributed by atoms with E-state index in [1.807, 2.05) is 50.8 Å². The molecule has 3 aliphatic heterocycles. The molecule has 2 atom stereocenters. The number of quaternary nitrogens is 1. The normalized spacial score (nSPS) is 25.6. The molecule has 1 aliphatic carbocycles. The Balaban J connectivity index is 1.22. The van der Waals surface area contributed by atoms with Crippen LogP contribution in [0.2, 0.25) is 0 Å². The molecule has 0 bridgehead atoms. The number of ketones is 1. The first-order valence-corrected chi connectivity index (χ1v) is 21.4. The fraction of sp³-hybridized carbons (Fsp3) is 0.341. The highest BCUT2D eigenvalue weighted by atomic mass is 32.2. The van der Waals surface area contributed by atoms with Crippen LogP contribution in [-0.4, -0.2) is 67.8 Å². The van der Waals surface area contributed by atoms with Crippen molar-refractivity contribution in [1.29, 1.82) is 0 Å². The van der Waals surface area contributed by atoms with Crippen molar-refractivity contribution in [3.05, 3.63) is 130 Å². The molecule has 6 rings (SSSR count). The Labute approximate surface area is 327 Å². The lowest BCUT2D eigenvalue weighted by Crippen LogP contribution is -2.68. The average molecular weight is 804 g/mol. The molecule has 2 aromatic rings. The zero-order chi connectivity index (χ0) is 41.0. The van der Waals surface area contributed by atoms with Crippen LogP contribution in [0.1, 0.15) is 85.2 Å². The maximum Gasteiger partial charge on any atom is 0.320 e. The molecular formula is C41H47N4O9S2+. The molecule has 0 aromatic heterocycles. The molecule has 2 amide bonds. The molecule has 3 heterocycles. The smallest absolute Gasteiger partial charge is 0.320 e. The molecule has 0 radical (unpaired) electrons. The molecule has 4 aliphatic rings. The predicted octanol–water partition coefficient (Wildman–Crippen LogP) is 5.27. The van der Waals surface area contributed by atoms with Crippen molar-refractivity contribution >= 4 is 49.2 Å². The summed E-state index contributed by atoms with van der Waals surface area (Å²) in [5.74, 6) is -1.66. The van der Waals surface area contributed by atoms with Crippen LogP contribution in [-0.2, 0) is 35.9 Å². The van der Waals surface area contributed by atoms with Crippen molar-refractivity contribution < 1.29 is 40.3 Å². The van der Waals surface area contributed by atoms with Crippen LogP contribution in [0, 0.1) is 0 Å². The van der Waals surface area contributed by atoms with Gasteiger partial charge in [0.05, 0.1) is 24.1 Å². The second-order valence-corrected chi connectivity index (χ2v) is 18.8. The minimum Gasteiger partial charge on any atom is -0.366 e. The molecule has 2 aromatic carbocycles. The first kappa shape index (κ1) is 40.7. The van der Waals surface area contributed by atoms with E-state index in [2.05, 4.69) is 0 Å². The van der Waals surface area contributed by atoms with E-state index < -0.39 is 54.0 Å². The van der Waals surface area contributed by atoms with Gasteiger partial charge >= 0.3 is 10.1 Å². The van der Waals surface area contributed by atoms with Crippen LogP contribution in [0.5, 0.6) is 0 Å². The largest absolute Gasteiger partial charge is 0.366 e. The predicted molar refractivity (Wildman–Crippen MR) is 216 cm³/mol. The first-order valence-electron chi connectivity index (χ1n) is 18.3. The van der Waals surface area contributed by atoms with E-state index in [0.717, 1.165) is 28.2 Å². The number of rotatable bonds is 11. The fourth-order valence-electron chi connectivity index (χ4n) is 8.70. The van der Waals surface area contributed by atoms with Gasteiger partial charge in [-0.15, -0.1) is 0 Å². The van der Waals surface area contributed by atoms with Gasteiger partial charge in [-0.05, 0) is 81.2 Å². The van der Waals surface area contributed by atoms with Crippen molar-refractivity contribution in [3.63, 3.8) is 0 Å². The maximum absolute atomic E-state index is 13.4. The quantitative estimate of drug-likeness (QED) is 0.131. The summed E-state index contributed by atoms with van der Waals surface area (Å²) in [6, 6.07) is 10.1. The standard InChI is InChI=1S/C41H46N4O9S2/c1-40(2)30-24-28(38(42)47)16-18-32(30)44(21-9-23-55(49,50)51)34(40)12-7-5-10-26-14-15-27(37(26)46)11-6-8-13-35-41(3,4)31-25-29(39(43)48)17-19-33(31)45(35)22-20-36(45)56(52,53)54/h5-8,10-13,16-19,24-25,36H,9,14-15,20-23H2,1-4H3,(H5-,42,43,47,48,49,50,51,52,53,54)/p+1.